The highest BCUT2D eigenvalue weighted by molar-refractivity contribution is 6.01. The van der Waals surface area contributed by atoms with Gasteiger partial charge in [0.15, 0.2) is 0 Å². The summed E-state index contributed by atoms with van der Waals surface area (Å²) in [5.41, 5.74) is 9.00. The number of nitrogens with two attached hydrogens (primary N) is 1. The lowest BCUT2D eigenvalue weighted by atomic mass is 10.1. The summed E-state index contributed by atoms with van der Waals surface area (Å²) < 4.78 is 0. The molecule has 2 rings (SSSR count). The average Bonchev–Trinajstić information content (AvgIpc) is 2.74. The maximum absolute atomic E-state index is 9.42. The molecule has 1 aromatic rings. The molecule has 0 bridgehead atoms. The number of aromatic nitrogens is 1. The monoisotopic (exact) mass is 248 g/mol. The van der Waals surface area contributed by atoms with Crippen LogP contribution in [0.15, 0.2) is 6.07 Å². The lowest BCUT2D eigenvalue weighted by Crippen LogP contribution is -2.34. The zero-order chi connectivity index (χ0) is 13.3. The predicted molar refractivity (Wildman–Crippen MR) is 72.2 cm³/mol. The molecular weight excluding hydrogens is 228 g/mol. The molecule has 0 amide bonds. The number of aliphatic hydroxyl groups excluding tert-OH is 1. The van der Waals surface area contributed by atoms with Crippen molar-refractivity contribution in [1.29, 1.82) is 5.41 Å². The molecule has 98 valence electrons. The number of amidine groups is 1. The van der Waals surface area contributed by atoms with E-state index in [4.69, 9.17) is 11.1 Å². The third-order valence-electron chi connectivity index (χ3n) is 3.47. The number of hydrogen-bond acceptors (Lipinski definition) is 4. The van der Waals surface area contributed by atoms with Crippen molar-refractivity contribution >= 4 is 11.5 Å². The van der Waals surface area contributed by atoms with Crippen molar-refractivity contribution in [2.24, 2.45) is 5.73 Å². The Kier molecular flexibility index (Phi) is 3.52. The number of nitrogen functional groups attached to an aromatic ring is 1. The Morgan fingerprint density at radius 3 is 2.94 bits per heavy atom. The van der Waals surface area contributed by atoms with Crippen LogP contribution in [0, 0.1) is 19.3 Å². The molecule has 5 nitrogen and oxygen atoms in total. The van der Waals surface area contributed by atoms with E-state index in [9.17, 15) is 5.11 Å². The van der Waals surface area contributed by atoms with Crippen molar-refractivity contribution in [3.63, 3.8) is 0 Å². The minimum absolute atomic E-state index is 0.0404. The van der Waals surface area contributed by atoms with E-state index in [2.05, 4.69) is 9.88 Å². The van der Waals surface area contributed by atoms with Crippen molar-refractivity contribution in [2.75, 3.05) is 18.1 Å². The van der Waals surface area contributed by atoms with Crippen LogP contribution in [-0.2, 0) is 0 Å². The van der Waals surface area contributed by atoms with Crippen LogP contribution in [0.3, 0.4) is 0 Å². The van der Waals surface area contributed by atoms with Crippen molar-refractivity contribution in [2.45, 2.75) is 32.7 Å². The Bertz CT molecular complexity index is 472. The molecule has 1 aliphatic rings. The largest absolute Gasteiger partial charge is 0.394 e. The highest BCUT2D eigenvalue weighted by Crippen LogP contribution is 2.30. The molecular formula is C13H20N4O. The first-order valence-electron chi connectivity index (χ1n) is 6.24. The molecule has 4 N–H and O–H groups in total. The molecule has 1 saturated heterocycles. The van der Waals surface area contributed by atoms with Crippen LogP contribution in [0.5, 0.6) is 0 Å². The van der Waals surface area contributed by atoms with Gasteiger partial charge in [0.05, 0.1) is 29.6 Å². The molecule has 1 fully saturated rings. The predicted octanol–water partition coefficient (Wildman–Crippen LogP) is 0.944. The second-order valence-corrected chi connectivity index (χ2v) is 4.83. The van der Waals surface area contributed by atoms with Gasteiger partial charge in [-0.05, 0) is 32.8 Å². The van der Waals surface area contributed by atoms with E-state index in [-0.39, 0.29) is 18.5 Å². The summed E-state index contributed by atoms with van der Waals surface area (Å²) in [5, 5.41) is 17.1. The fourth-order valence-corrected chi connectivity index (χ4v) is 2.71. The first-order chi connectivity index (χ1) is 8.54. The smallest absolute Gasteiger partial charge is 0.126 e. The summed E-state index contributed by atoms with van der Waals surface area (Å²) in [7, 11) is 0. The molecule has 1 aromatic heterocycles. The number of aliphatic hydroxyl groups is 1. The van der Waals surface area contributed by atoms with Crippen LogP contribution < -0.4 is 10.6 Å². The Morgan fingerprint density at radius 1 is 1.61 bits per heavy atom. The molecule has 2 heterocycles. The summed E-state index contributed by atoms with van der Waals surface area (Å²) in [6, 6.07) is 2.09. The van der Waals surface area contributed by atoms with Crippen LogP contribution in [-0.4, -0.2) is 35.1 Å². The van der Waals surface area contributed by atoms with Crippen LogP contribution in [0.1, 0.15) is 29.8 Å². The first-order valence-corrected chi connectivity index (χ1v) is 6.24. The Morgan fingerprint density at radius 2 is 2.33 bits per heavy atom. The van der Waals surface area contributed by atoms with E-state index in [0.29, 0.717) is 5.56 Å². The molecule has 0 spiro atoms. The maximum Gasteiger partial charge on any atom is 0.126 e. The summed E-state index contributed by atoms with van der Waals surface area (Å²) >= 11 is 0. The van der Waals surface area contributed by atoms with Crippen molar-refractivity contribution in [1.82, 2.24) is 4.98 Å². The van der Waals surface area contributed by atoms with Crippen LogP contribution in [0.2, 0.25) is 0 Å². The molecule has 1 unspecified atom stereocenters. The topological polar surface area (TPSA) is 86.2 Å². The van der Waals surface area contributed by atoms with Gasteiger partial charge in [-0.3, -0.25) is 10.4 Å². The number of pyridine rings is 1. The minimum atomic E-state index is 0.0404. The van der Waals surface area contributed by atoms with Crippen LogP contribution in [0.4, 0.5) is 5.69 Å². The molecule has 0 aromatic carbocycles. The normalized spacial score (nSPS) is 19.3. The highest BCUT2D eigenvalue weighted by atomic mass is 16.3. The maximum atomic E-state index is 9.42. The Balaban J connectivity index is 2.51. The van der Waals surface area contributed by atoms with E-state index in [0.717, 1.165) is 36.5 Å². The number of aryl methyl sites for hydroxylation is 2. The molecule has 0 saturated carbocycles. The molecule has 1 atom stereocenters. The van der Waals surface area contributed by atoms with Crippen molar-refractivity contribution in [3.8, 4) is 0 Å². The zero-order valence-corrected chi connectivity index (χ0v) is 10.9. The summed E-state index contributed by atoms with van der Waals surface area (Å²) in [4.78, 5) is 6.52. The average molecular weight is 248 g/mol. The molecule has 0 aliphatic carbocycles. The molecule has 1 aliphatic heterocycles. The van der Waals surface area contributed by atoms with Gasteiger partial charge in [-0.15, -0.1) is 0 Å². The number of rotatable bonds is 3. The van der Waals surface area contributed by atoms with E-state index in [1.807, 2.05) is 19.9 Å². The van der Waals surface area contributed by atoms with Gasteiger partial charge in [0, 0.05) is 12.2 Å². The first kappa shape index (κ1) is 12.8. The third-order valence-corrected chi connectivity index (χ3v) is 3.47. The Hall–Kier alpha value is -1.62. The number of nitrogens with zero attached hydrogens (tertiary/aromatic N) is 2. The summed E-state index contributed by atoms with van der Waals surface area (Å²) in [6.07, 6.45) is 2.04. The number of anilines is 1. The van der Waals surface area contributed by atoms with Gasteiger partial charge < -0.3 is 15.7 Å². The number of hydrogen-bond donors (Lipinski definition) is 3. The second-order valence-electron chi connectivity index (χ2n) is 4.83. The second kappa shape index (κ2) is 4.94. The van der Waals surface area contributed by atoms with Crippen LogP contribution in [0.25, 0.3) is 0 Å². The van der Waals surface area contributed by atoms with Gasteiger partial charge in [-0.25, -0.2) is 0 Å². The van der Waals surface area contributed by atoms with Gasteiger partial charge in [0.1, 0.15) is 5.84 Å². The van der Waals surface area contributed by atoms with Gasteiger partial charge in [0.25, 0.3) is 0 Å². The van der Waals surface area contributed by atoms with E-state index >= 15 is 0 Å². The van der Waals surface area contributed by atoms with Crippen molar-refractivity contribution in [3.05, 3.63) is 23.0 Å². The minimum Gasteiger partial charge on any atom is -0.394 e. The highest BCUT2D eigenvalue weighted by Gasteiger charge is 2.27. The van der Waals surface area contributed by atoms with Gasteiger partial charge in [0.2, 0.25) is 0 Å². The van der Waals surface area contributed by atoms with E-state index < -0.39 is 0 Å². The SMILES string of the molecule is Cc1cc(N2CCCC2CO)c(C(=N)N)c(C)n1. The fourth-order valence-electron chi connectivity index (χ4n) is 2.71. The number of nitrogens with one attached hydrogen (secondary N) is 1. The van der Waals surface area contributed by atoms with Gasteiger partial charge in [-0.2, -0.15) is 0 Å². The van der Waals surface area contributed by atoms with E-state index in [1.165, 1.54) is 0 Å². The molecule has 18 heavy (non-hydrogen) atoms. The molecule has 0 radical (unpaired) electrons. The fraction of sp³-hybridized carbons (Fsp3) is 0.538. The van der Waals surface area contributed by atoms with Gasteiger partial charge >= 0.3 is 0 Å². The standard InChI is InChI=1S/C13H20N4O/c1-8-6-11(12(13(14)15)9(2)16-8)17-5-3-4-10(17)7-18/h6,10,18H,3-5,7H2,1-2H3,(H3,14,15). The summed E-state index contributed by atoms with van der Waals surface area (Å²) in [5.74, 6) is 0.0404. The van der Waals surface area contributed by atoms with Crippen molar-refractivity contribution < 1.29 is 5.11 Å². The third kappa shape index (κ3) is 2.18. The Labute approximate surface area is 107 Å². The summed E-state index contributed by atoms with van der Waals surface area (Å²) in [6.45, 7) is 4.84. The lowest BCUT2D eigenvalue weighted by Gasteiger charge is -2.28. The van der Waals surface area contributed by atoms with Gasteiger partial charge in [-0.1, -0.05) is 0 Å². The lowest BCUT2D eigenvalue weighted by molar-refractivity contribution is 0.266. The molecule has 5 heteroatoms. The quantitative estimate of drug-likeness (QED) is 0.549. The zero-order valence-electron chi connectivity index (χ0n) is 10.9. The van der Waals surface area contributed by atoms with E-state index in [1.54, 1.807) is 0 Å². The van der Waals surface area contributed by atoms with Crippen LogP contribution >= 0.6 is 0 Å².